The molecule has 0 fully saturated rings. The van der Waals surface area contributed by atoms with E-state index in [9.17, 15) is 4.79 Å². The van der Waals surface area contributed by atoms with E-state index >= 15 is 0 Å². The summed E-state index contributed by atoms with van der Waals surface area (Å²) in [6.07, 6.45) is 15.6. The van der Waals surface area contributed by atoms with E-state index in [2.05, 4.69) is 31.2 Å². The zero-order chi connectivity index (χ0) is 18.2. The van der Waals surface area contributed by atoms with Crippen LogP contribution in [0.3, 0.4) is 0 Å². The van der Waals surface area contributed by atoms with Gasteiger partial charge >= 0.3 is 5.97 Å². The van der Waals surface area contributed by atoms with Gasteiger partial charge in [0.25, 0.3) is 0 Å². The Labute approximate surface area is 155 Å². The highest BCUT2D eigenvalue weighted by Gasteiger charge is 2.01. The maximum absolute atomic E-state index is 11.2. The first-order chi connectivity index (χ1) is 12.3. The van der Waals surface area contributed by atoms with Gasteiger partial charge in [-0.2, -0.15) is 0 Å². The van der Waals surface area contributed by atoms with Gasteiger partial charge in [-0.25, -0.2) is 0 Å². The maximum Gasteiger partial charge on any atom is 0.305 e. The van der Waals surface area contributed by atoms with Crippen LogP contribution in [-0.2, 0) is 22.4 Å². The van der Waals surface area contributed by atoms with Crippen molar-refractivity contribution < 1.29 is 9.53 Å². The molecule has 0 aliphatic carbocycles. The number of aryl methyl sites for hydroxylation is 2. The molecule has 1 aromatic carbocycles. The van der Waals surface area contributed by atoms with Crippen molar-refractivity contribution in [3.05, 3.63) is 35.4 Å². The molecule has 2 heteroatoms. The van der Waals surface area contributed by atoms with Crippen LogP contribution in [0.15, 0.2) is 24.3 Å². The summed E-state index contributed by atoms with van der Waals surface area (Å²) < 4.78 is 4.94. The predicted molar refractivity (Wildman–Crippen MR) is 107 cm³/mol. The molecule has 25 heavy (non-hydrogen) atoms. The van der Waals surface area contributed by atoms with E-state index in [1.165, 1.54) is 68.9 Å². The van der Waals surface area contributed by atoms with Crippen molar-refractivity contribution >= 4 is 5.97 Å². The number of ether oxygens (including phenoxy) is 1. The fourth-order valence-corrected chi connectivity index (χ4v) is 3.17. The van der Waals surface area contributed by atoms with Gasteiger partial charge in [-0.3, -0.25) is 4.79 Å². The highest BCUT2D eigenvalue weighted by Crippen LogP contribution is 2.13. The van der Waals surface area contributed by atoms with Crippen molar-refractivity contribution in [3.63, 3.8) is 0 Å². The van der Waals surface area contributed by atoms with Crippen LogP contribution in [-0.4, -0.2) is 12.6 Å². The molecule has 0 heterocycles. The summed E-state index contributed by atoms with van der Waals surface area (Å²) >= 11 is 0. The molecule has 0 aliphatic heterocycles. The number of esters is 1. The minimum atomic E-state index is -0.0524. The van der Waals surface area contributed by atoms with Crippen LogP contribution in [0.1, 0.15) is 95.6 Å². The smallest absolute Gasteiger partial charge is 0.305 e. The second kappa shape index (κ2) is 15.0. The SMILES string of the molecule is CCCCCCCCc1ccc(CCCCCCC(=O)OCC)cc1. The second-order valence-corrected chi connectivity index (χ2v) is 7.05. The molecule has 1 aromatic rings. The van der Waals surface area contributed by atoms with E-state index < -0.39 is 0 Å². The van der Waals surface area contributed by atoms with E-state index in [1.54, 1.807) is 0 Å². The van der Waals surface area contributed by atoms with Gasteiger partial charge in [-0.05, 0) is 50.2 Å². The van der Waals surface area contributed by atoms with Crippen molar-refractivity contribution in [1.29, 1.82) is 0 Å². The topological polar surface area (TPSA) is 26.3 Å². The summed E-state index contributed by atoms with van der Waals surface area (Å²) in [6, 6.07) is 9.21. The Morgan fingerprint density at radius 3 is 1.72 bits per heavy atom. The lowest BCUT2D eigenvalue weighted by Gasteiger charge is -2.05. The number of rotatable bonds is 15. The van der Waals surface area contributed by atoms with Gasteiger partial charge < -0.3 is 4.74 Å². The summed E-state index contributed by atoms with van der Waals surface area (Å²) in [4.78, 5) is 11.2. The summed E-state index contributed by atoms with van der Waals surface area (Å²) in [7, 11) is 0. The molecule has 0 aliphatic rings. The minimum Gasteiger partial charge on any atom is -0.466 e. The number of hydrogen-bond donors (Lipinski definition) is 0. The van der Waals surface area contributed by atoms with Crippen LogP contribution in [0.4, 0.5) is 0 Å². The quantitative estimate of drug-likeness (QED) is 0.263. The molecule has 1 rings (SSSR count). The molecule has 0 amide bonds. The molecule has 0 saturated heterocycles. The molecule has 0 unspecified atom stereocenters. The Kier molecular flexibility index (Phi) is 13.0. The average Bonchev–Trinajstić information content (AvgIpc) is 2.62. The van der Waals surface area contributed by atoms with E-state index in [0.717, 1.165) is 19.3 Å². The van der Waals surface area contributed by atoms with Crippen LogP contribution in [0.5, 0.6) is 0 Å². The number of carbonyl (C=O) groups is 1. The van der Waals surface area contributed by atoms with Crippen molar-refractivity contribution in [2.45, 2.75) is 97.3 Å². The van der Waals surface area contributed by atoms with Crippen LogP contribution in [0.25, 0.3) is 0 Å². The Morgan fingerprint density at radius 1 is 0.720 bits per heavy atom. The van der Waals surface area contributed by atoms with Crippen LogP contribution < -0.4 is 0 Å². The van der Waals surface area contributed by atoms with Gasteiger partial charge in [-0.15, -0.1) is 0 Å². The Morgan fingerprint density at radius 2 is 1.20 bits per heavy atom. The summed E-state index contributed by atoms with van der Waals surface area (Å²) in [6.45, 7) is 4.62. The molecule has 0 atom stereocenters. The molecule has 142 valence electrons. The fraction of sp³-hybridized carbons (Fsp3) is 0.696. The molecule has 0 aromatic heterocycles. The van der Waals surface area contributed by atoms with E-state index in [0.29, 0.717) is 13.0 Å². The third kappa shape index (κ3) is 11.8. The molecule has 0 bridgehead atoms. The number of unbranched alkanes of at least 4 members (excludes halogenated alkanes) is 8. The fourth-order valence-electron chi connectivity index (χ4n) is 3.17. The lowest BCUT2D eigenvalue weighted by Crippen LogP contribution is -2.03. The first kappa shape index (κ1) is 21.7. The first-order valence-corrected chi connectivity index (χ1v) is 10.5. The third-order valence-corrected chi connectivity index (χ3v) is 4.74. The zero-order valence-corrected chi connectivity index (χ0v) is 16.5. The molecular formula is C23H38O2. The standard InChI is InChI=1S/C23H38O2/c1-3-5-6-7-8-11-14-21-17-19-22(20-18-21)15-12-9-10-13-16-23(24)25-4-2/h17-20H,3-16H2,1-2H3. The number of carbonyl (C=O) groups excluding carboxylic acids is 1. The Balaban J connectivity index is 2.05. The molecule has 0 radical (unpaired) electrons. The highest BCUT2D eigenvalue weighted by molar-refractivity contribution is 5.69. The zero-order valence-electron chi connectivity index (χ0n) is 16.5. The molecule has 2 nitrogen and oxygen atoms in total. The van der Waals surface area contributed by atoms with Crippen LogP contribution in [0.2, 0.25) is 0 Å². The van der Waals surface area contributed by atoms with Gasteiger partial charge in [-0.1, -0.05) is 76.1 Å². The number of hydrogen-bond acceptors (Lipinski definition) is 2. The largest absolute Gasteiger partial charge is 0.466 e. The Bertz CT molecular complexity index is 436. The van der Waals surface area contributed by atoms with Crippen LogP contribution in [0, 0.1) is 0 Å². The first-order valence-electron chi connectivity index (χ1n) is 10.5. The van der Waals surface area contributed by atoms with Gasteiger partial charge in [0.15, 0.2) is 0 Å². The maximum atomic E-state index is 11.2. The average molecular weight is 347 g/mol. The van der Waals surface area contributed by atoms with Crippen LogP contribution >= 0.6 is 0 Å². The molecular weight excluding hydrogens is 308 g/mol. The Hall–Kier alpha value is -1.31. The third-order valence-electron chi connectivity index (χ3n) is 4.74. The van der Waals surface area contributed by atoms with Crippen molar-refractivity contribution in [3.8, 4) is 0 Å². The summed E-state index contributed by atoms with van der Waals surface area (Å²) in [5.41, 5.74) is 2.92. The van der Waals surface area contributed by atoms with Gasteiger partial charge in [0.1, 0.15) is 0 Å². The highest BCUT2D eigenvalue weighted by atomic mass is 16.5. The predicted octanol–water partition coefficient (Wildman–Crippen LogP) is 6.65. The monoisotopic (exact) mass is 346 g/mol. The van der Waals surface area contributed by atoms with Crippen molar-refractivity contribution in [1.82, 2.24) is 0 Å². The van der Waals surface area contributed by atoms with E-state index in [4.69, 9.17) is 4.74 Å². The van der Waals surface area contributed by atoms with Crippen molar-refractivity contribution in [2.75, 3.05) is 6.61 Å². The second-order valence-electron chi connectivity index (χ2n) is 7.05. The van der Waals surface area contributed by atoms with Gasteiger partial charge in [0, 0.05) is 6.42 Å². The summed E-state index contributed by atoms with van der Waals surface area (Å²) in [5, 5.41) is 0. The normalized spacial score (nSPS) is 10.8. The van der Waals surface area contributed by atoms with Gasteiger partial charge in [0.05, 0.1) is 6.61 Å². The lowest BCUT2D eigenvalue weighted by atomic mass is 10.0. The van der Waals surface area contributed by atoms with E-state index in [1.807, 2.05) is 6.92 Å². The molecule has 0 spiro atoms. The van der Waals surface area contributed by atoms with Crippen molar-refractivity contribution in [2.24, 2.45) is 0 Å². The van der Waals surface area contributed by atoms with Gasteiger partial charge in [0.2, 0.25) is 0 Å². The minimum absolute atomic E-state index is 0.0524. The summed E-state index contributed by atoms with van der Waals surface area (Å²) in [5.74, 6) is -0.0524. The number of benzene rings is 1. The lowest BCUT2D eigenvalue weighted by molar-refractivity contribution is -0.143. The molecule has 0 saturated carbocycles. The van der Waals surface area contributed by atoms with E-state index in [-0.39, 0.29) is 5.97 Å². The molecule has 0 N–H and O–H groups in total.